The smallest absolute Gasteiger partial charge is 0.408 e. The van der Waals surface area contributed by atoms with Crippen LogP contribution in [0.4, 0.5) is 4.79 Å². The quantitative estimate of drug-likeness (QED) is 0.383. The molecule has 0 aliphatic carbocycles. The van der Waals surface area contributed by atoms with Gasteiger partial charge in [-0.3, -0.25) is 4.79 Å². The number of carbonyl (C=O) groups is 3. The predicted molar refractivity (Wildman–Crippen MR) is 147 cm³/mol. The van der Waals surface area contributed by atoms with Crippen molar-refractivity contribution in [3.8, 4) is 0 Å². The zero-order valence-electron chi connectivity index (χ0n) is 21.7. The van der Waals surface area contributed by atoms with Gasteiger partial charge in [-0.05, 0) is 43.9 Å². The number of alkyl carbamates (subject to hydrolysis) is 1. The van der Waals surface area contributed by atoms with E-state index in [4.69, 9.17) is 15.2 Å². The van der Waals surface area contributed by atoms with Crippen LogP contribution in [0.1, 0.15) is 44.4 Å². The van der Waals surface area contributed by atoms with Gasteiger partial charge in [0, 0.05) is 11.4 Å². The molecule has 38 heavy (non-hydrogen) atoms. The Hall–Kier alpha value is -3.56. The fourth-order valence-corrected chi connectivity index (χ4v) is 5.86. The van der Waals surface area contributed by atoms with E-state index in [1.165, 1.54) is 11.8 Å². The Morgan fingerprint density at radius 1 is 1.11 bits per heavy atom. The normalized spacial score (nSPS) is 21.5. The van der Waals surface area contributed by atoms with E-state index in [-0.39, 0.29) is 23.0 Å². The average Bonchev–Trinajstić information content (AvgIpc) is 2.90. The summed E-state index contributed by atoms with van der Waals surface area (Å²) in [6.07, 6.45) is 2.17. The van der Waals surface area contributed by atoms with E-state index in [0.29, 0.717) is 0 Å². The first-order valence-corrected chi connectivity index (χ1v) is 13.4. The lowest BCUT2D eigenvalue weighted by atomic mass is 10.0. The van der Waals surface area contributed by atoms with E-state index >= 15 is 0 Å². The zero-order chi connectivity index (χ0) is 27.4. The van der Waals surface area contributed by atoms with E-state index in [2.05, 4.69) is 11.9 Å². The molecule has 1 fully saturated rings. The van der Waals surface area contributed by atoms with E-state index in [1.807, 2.05) is 60.7 Å². The predicted octanol–water partition coefficient (Wildman–Crippen LogP) is 4.28. The molecule has 0 radical (unpaired) electrons. The summed E-state index contributed by atoms with van der Waals surface area (Å²) >= 11 is 1.46. The van der Waals surface area contributed by atoms with Gasteiger partial charge in [-0.15, -0.1) is 11.8 Å². The van der Waals surface area contributed by atoms with Gasteiger partial charge in [0.1, 0.15) is 23.1 Å². The van der Waals surface area contributed by atoms with Crippen LogP contribution in [0, 0.1) is 0 Å². The molecule has 2 aromatic rings. The van der Waals surface area contributed by atoms with Gasteiger partial charge < -0.3 is 25.4 Å². The molecule has 0 spiro atoms. The topological polar surface area (TPSA) is 111 Å². The van der Waals surface area contributed by atoms with Gasteiger partial charge in [-0.2, -0.15) is 0 Å². The number of fused-ring (bicyclic) bond motifs is 1. The van der Waals surface area contributed by atoms with E-state index < -0.39 is 35.9 Å². The molecule has 2 aliphatic rings. The number of nitrogens with one attached hydrogen (secondary N) is 1. The van der Waals surface area contributed by atoms with Crippen molar-refractivity contribution < 1.29 is 23.9 Å². The molecule has 2 amide bonds. The number of carbonyl (C=O) groups excluding carboxylic acids is 3. The molecule has 3 N–H and O–H groups in total. The van der Waals surface area contributed by atoms with E-state index in [1.54, 1.807) is 37.9 Å². The third-order valence-corrected chi connectivity index (χ3v) is 7.78. The van der Waals surface area contributed by atoms with Gasteiger partial charge in [-0.1, -0.05) is 73.3 Å². The maximum atomic E-state index is 13.7. The van der Waals surface area contributed by atoms with Gasteiger partial charge in [0.15, 0.2) is 6.10 Å². The number of β-lactam (4-membered cyclic amide) rings is 1. The number of rotatable bonds is 8. The van der Waals surface area contributed by atoms with Crippen molar-refractivity contribution >= 4 is 29.7 Å². The highest BCUT2D eigenvalue weighted by atomic mass is 32.2. The van der Waals surface area contributed by atoms with Crippen molar-refractivity contribution in [2.24, 2.45) is 5.73 Å². The van der Waals surface area contributed by atoms with Crippen LogP contribution in [0.5, 0.6) is 0 Å². The van der Waals surface area contributed by atoms with Gasteiger partial charge in [-0.25, -0.2) is 9.59 Å². The molecule has 4 atom stereocenters. The summed E-state index contributed by atoms with van der Waals surface area (Å²) in [5.74, 6) is -0.759. The Morgan fingerprint density at radius 2 is 1.68 bits per heavy atom. The molecule has 4 rings (SSSR count). The highest BCUT2D eigenvalue weighted by Gasteiger charge is 2.49. The molecule has 2 heterocycles. The second-order valence-corrected chi connectivity index (χ2v) is 11.5. The van der Waals surface area contributed by atoms with Crippen LogP contribution >= 0.6 is 11.8 Å². The lowest BCUT2D eigenvalue weighted by Gasteiger charge is -2.48. The number of hydrogen-bond acceptors (Lipinski definition) is 7. The second-order valence-electron chi connectivity index (χ2n) is 10.2. The molecule has 0 bridgehead atoms. The number of esters is 1. The molecular formula is C29H33N3O5S. The van der Waals surface area contributed by atoms with Crippen LogP contribution in [0.3, 0.4) is 0 Å². The summed E-state index contributed by atoms with van der Waals surface area (Å²) in [6.45, 7) is 9.12. The van der Waals surface area contributed by atoms with E-state index in [9.17, 15) is 14.4 Å². The van der Waals surface area contributed by atoms with Crippen molar-refractivity contribution in [3.05, 3.63) is 96.2 Å². The minimum absolute atomic E-state index is 0.156. The molecule has 0 aromatic heterocycles. The molecule has 0 saturated carbocycles. The van der Waals surface area contributed by atoms with Crippen LogP contribution in [0.2, 0.25) is 0 Å². The summed E-state index contributed by atoms with van der Waals surface area (Å²) in [7, 11) is 0. The number of nitrogens with zero attached hydrogens (tertiary/aromatic N) is 1. The Balaban J connectivity index is 1.60. The molecule has 2 aliphatic heterocycles. The maximum absolute atomic E-state index is 13.7. The van der Waals surface area contributed by atoms with Crippen LogP contribution in [-0.4, -0.2) is 51.2 Å². The summed E-state index contributed by atoms with van der Waals surface area (Å²) in [6, 6.07) is 17.2. The Bertz CT molecular complexity index is 1170. The molecule has 2 unspecified atom stereocenters. The first kappa shape index (κ1) is 27.5. The average molecular weight is 536 g/mol. The number of benzene rings is 2. The Labute approximate surface area is 227 Å². The monoisotopic (exact) mass is 535 g/mol. The van der Waals surface area contributed by atoms with Crippen molar-refractivity contribution in [3.63, 3.8) is 0 Å². The van der Waals surface area contributed by atoms with Crippen molar-refractivity contribution in [2.45, 2.75) is 61.6 Å². The highest BCUT2D eigenvalue weighted by molar-refractivity contribution is 8.00. The van der Waals surface area contributed by atoms with Gasteiger partial charge in [0.25, 0.3) is 0 Å². The van der Waals surface area contributed by atoms with Crippen LogP contribution in [0.25, 0.3) is 0 Å². The van der Waals surface area contributed by atoms with Gasteiger partial charge in [0.2, 0.25) is 5.91 Å². The van der Waals surface area contributed by atoms with Crippen molar-refractivity contribution in [1.29, 1.82) is 0 Å². The fraction of sp³-hybridized carbons (Fsp3) is 0.345. The van der Waals surface area contributed by atoms with Crippen LogP contribution in [-0.2, 0) is 19.1 Å². The number of ether oxygens (including phenoxy) is 2. The van der Waals surface area contributed by atoms with Crippen molar-refractivity contribution in [2.75, 3.05) is 0 Å². The lowest BCUT2D eigenvalue weighted by Crippen LogP contribution is -2.66. The van der Waals surface area contributed by atoms with E-state index in [0.717, 1.165) is 16.7 Å². The van der Waals surface area contributed by atoms with Crippen LogP contribution in [0.15, 0.2) is 85.1 Å². The third kappa shape index (κ3) is 6.28. The standard InChI is InChI=1S/C29H33N3O5S/c1-5-18-17-32-25(33)23(30)26(32)38-22(18)16-21(31-28(35)37-29(2,3)4)27(34)36-24(19-12-8-6-9-13-19)20-14-10-7-11-15-20/h5-15,17,21-24,26H,1,16,30H2,2-4H3,(H,31,35)/t21-,22?,23?,26+/m0/s1. The first-order chi connectivity index (χ1) is 18.1. The van der Waals surface area contributed by atoms with Crippen molar-refractivity contribution in [1.82, 2.24) is 10.2 Å². The number of amides is 2. The number of thioether (sulfide) groups is 1. The summed E-state index contributed by atoms with van der Waals surface area (Å²) < 4.78 is 11.5. The Kier molecular flexibility index (Phi) is 8.28. The highest BCUT2D eigenvalue weighted by Crippen LogP contribution is 2.42. The minimum Gasteiger partial charge on any atom is -0.451 e. The largest absolute Gasteiger partial charge is 0.451 e. The summed E-state index contributed by atoms with van der Waals surface area (Å²) in [5.41, 5.74) is 7.63. The molecule has 2 aromatic carbocycles. The minimum atomic E-state index is -1.03. The maximum Gasteiger partial charge on any atom is 0.408 e. The van der Waals surface area contributed by atoms with Gasteiger partial charge >= 0.3 is 12.1 Å². The molecule has 9 heteroatoms. The molecule has 1 saturated heterocycles. The molecule has 8 nitrogen and oxygen atoms in total. The molecule has 200 valence electrons. The van der Waals surface area contributed by atoms with Gasteiger partial charge in [0.05, 0.1) is 0 Å². The third-order valence-electron chi connectivity index (χ3n) is 6.18. The number of allylic oxidation sites excluding steroid dienone is 1. The zero-order valence-corrected chi connectivity index (χ0v) is 22.5. The molecular weight excluding hydrogens is 502 g/mol. The number of hydrogen-bond donors (Lipinski definition) is 2. The number of nitrogens with two attached hydrogens (primary N) is 1. The summed E-state index contributed by atoms with van der Waals surface area (Å²) in [4.78, 5) is 40.2. The Morgan fingerprint density at radius 3 is 2.21 bits per heavy atom. The lowest BCUT2D eigenvalue weighted by molar-refractivity contribution is -0.150. The fourth-order valence-electron chi connectivity index (χ4n) is 4.32. The first-order valence-electron chi connectivity index (χ1n) is 12.4. The SMILES string of the molecule is C=CC1=CN2C(=O)C(N)[C@H]2SC1C[C@H](NC(=O)OC(C)(C)C)C(=O)OC(c1ccccc1)c1ccccc1. The summed E-state index contributed by atoms with van der Waals surface area (Å²) in [5, 5.41) is 2.22. The van der Waals surface area contributed by atoms with Crippen LogP contribution < -0.4 is 11.1 Å². The second kappa shape index (κ2) is 11.4.